The first kappa shape index (κ1) is 16.5. The highest BCUT2D eigenvalue weighted by atomic mass is 15.1. The van der Waals surface area contributed by atoms with E-state index in [1.807, 2.05) is 0 Å². The Kier molecular flexibility index (Phi) is 3.98. The molecule has 5 rings (SSSR count). The lowest BCUT2D eigenvalue weighted by Gasteiger charge is -2.31. The molecular weight excluding hydrogens is 326 g/mol. The molecule has 1 unspecified atom stereocenters. The fourth-order valence-electron chi connectivity index (χ4n) is 4.77. The van der Waals surface area contributed by atoms with Crippen LogP contribution in [-0.4, -0.2) is 25.0 Å². The zero-order chi connectivity index (χ0) is 18.4. The summed E-state index contributed by atoms with van der Waals surface area (Å²) < 4.78 is 0. The quantitative estimate of drug-likeness (QED) is 0.396. The van der Waals surface area contributed by atoms with Gasteiger partial charge in [-0.25, -0.2) is 0 Å². The molecule has 0 fully saturated rings. The lowest BCUT2D eigenvalue weighted by atomic mass is 9.81. The van der Waals surface area contributed by atoms with Crippen LogP contribution in [0.3, 0.4) is 0 Å². The maximum absolute atomic E-state index is 2.38. The normalized spacial score (nSPS) is 16.8. The third kappa shape index (κ3) is 2.74. The number of hydrogen-bond donors (Lipinski definition) is 0. The van der Waals surface area contributed by atoms with Gasteiger partial charge in [-0.1, -0.05) is 66.7 Å². The lowest BCUT2D eigenvalue weighted by Crippen LogP contribution is -2.33. The van der Waals surface area contributed by atoms with Gasteiger partial charge < -0.3 is 4.90 Å². The van der Waals surface area contributed by atoms with Crippen molar-refractivity contribution in [3.63, 3.8) is 0 Å². The minimum Gasteiger partial charge on any atom is -0.306 e. The van der Waals surface area contributed by atoms with Crippen molar-refractivity contribution in [1.29, 1.82) is 0 Å². The summed E-state index contributed by atoms with van der Waals surface area (Å²) in [6.45, 7) is 0. The Morgan fingerprint density at radius 1 is 0.778 bits per heavy atom. The topological polar surface area (TPSA) is 3.24 Å². The van der Waals surface area contributed by atoms with Gasteiger partial charge in [-0.3, -0.25) is 0 Å². The molecule has 1 atom stereocenters. The van der Waals surface area contributed by atoms with Gasteiger partial charge in [0.2, 0.25) is 0 Å². The highest BCUT2D eigenvalue weighted by Crippen LogP contribution is 2.40. The summed E-state index contributed by atoms with van der Waals surface area (Å²) in [6, 6.07) is 27.5. The second kappa shape index (κ2) is 6.51. The fourth-order valence-corrected chi connectivity index (χ4v) is 4.77. The second-order valence-electron chi connectivity index (χ2n) is 8.00. The molecule has 0 bridgehead atoms. The predicted octanol–water partition coefficient (Wildman–Crippen LogP) is 6.08. The minimum atomic E-state index is 0.650. The van der Waals surface area contributed by atoms with Crippen molar-refractivity contribution in [2.75, 3.05) is 14.1 Å². The largest absolute Gasteiger partial charge is 0.306 e. The Balaban J connectivity index is 1.81. The van der Waals surface area contributed by atoms with Gasteiger partial charge in [0.15, 0.2) is 0 Å². The van der Waals surface area contributed by atoms with Gasteiger partial charge in [0, 0.05) is 6.04 Å². The van der Waals surface area contributed by atoms with E-state index in [1.54, 1.807) is 5.56 Å². The van der Waals surface area contributed by atoms with E-state index in [9.17, 15) is 0 Å². The highest BCUT2D eigenvalue weighted by molar-refractivity contribution is 6.13. The molecule has 0 radical (unpaired) electrons. The first-order valence-electron chi connectivity index (χ1n) is 9.90. The van der Waals surface area contributed by atoms with E-state index in [1.165, 1.54) is 44.7 Å². The van der Waals surface area contributed by atoms with E-state index in [0.29, 0.717) is 6.04 Å². The summed E-state index contributed by atoms with van der Waals surface area (Å²) >= 11 is 0. The van der Waals surface area contributed by atoms with Crippen LogP contribution in [0, 0.1) is 0 Å². The van der Waals surface area contributed by atoms with Crippen LogP contribution in [0.5, 0.6) is 0 Å². The molecule has 0 amide bonds. The molecule has 0 aromatic heterocycles. The molecule has 1 aliphatic carbocycles. The number of hydrogen-bond acceptors (Lipinski definition) is 1. The average Bonchev–Trinajstić information content (AvgIpc) is 2.71. The Morgan fingerprint density at radius 2 is 1.44 bits per heavy atom. The van der Waals surface area contributed by atoms with Gasteiger partial charge in [0.1, 0.15) is 0 Å². The SMILES string of the molecule is CN(C)C1CCc2c(cccc2-c2c3ccccc3cc3ccccc23)C1. The molecule has 1 heteroatoms. The van der Waals surface area contributed by atoms with Crippen molar-refractivity contribution in [2.24, 2.45) is 0 Å². The van der Waals surface area contributed by atoms with Crippen LogP contribution < -0.4 is 0 Å². The Hall–Kier alpha value is -2.64. The fraction of sp³-hybridized carbons (Fsp3) is 0.231. The van der Waals surface area contributed by atoms with Crippen molar-refractivity contribution < 1.29 is 0 Å². The molecule has 0 spiro atoms. The van der Waals surface area contributed by atoms with E-state index in [0.717, 1.165) is 12.8 Å². The van der Waals surface area contributed by atoms with Gasteiger partial charge in [-0.05, 0) is 83.2 Å². The molecular formula is C26H25N. The molecule has 0 N–H and O–H groups in total. The van der Waals surface area contributed by atoms with Gasteiger partial charge in [0.05, 0.1) is 0 Å². The van der Waals surface area contributed by atoms with Gasteiger partial charge in [0.25, 0.3) is 0 Å². The summed E-state index contributed by atoms with van der Waals surface area (Å²) in [5, 5.41) is 5.37. The molecule has 4 aromatic carbocycles. The van der Waals surface area contributed by atoms with E-state index >= 15 is 0 Å². The highest BCUT2D eigenvalue weighted by Gasteiger charge is 2.23. The van der Waals surface area contributed by atoms with Crippen LogP contribution in [0.15, 0.2) is 72.8 Å². The average molecular weight is 351 g/mol. The molecule has 134 valence electrons. The van der Waals surface area contributed by atoms with Crippen LogP contribution in [0.2, 0.25) is 0 Å². The summed E-state index contributed by atoms with van der Waals surface area (Å²) in [6.07, 6.45) is 3.55. The van der Waals surface area contributed by atoms with E-state index in [2.05, 4.69) is 91.8 Å². The molecule has 1 aliphatic rings. The summed E-state index contributed by atoms with van der Waals surface area (Å²) in [4.78, 5) is 2.38. The smallest absolute Gasteiger partial charge is 0.0133 e. The van der Waals surface area contributed by atoms with Gasteiger partial charge in [-0.15, -0.1) is 0 Å². The van der Waals surface area contributed by atoms with E-state index < -0.39 is 0 Å². The molecule has 0 aliphatic heterocycles. The van der Waals surface area contributed by atoms with Crippen LogP contribution in [0.25, 0.3) is 32.7 Å². The summed E-state index contributed by atoms with van der Waals surface area (Å²) in [5.41, 5.74) is 5.91. The number of fused-ring (bicyclic) bond motifs is 3. The first-order chi connectivity index (χ1) is 13.2. The third-order valence-electron chi connectivity index (χ3n) is 6.23. The van der Waals surface area contributed by atoms with Gasteiger partial charge in [-0.2, -0.15) is 0 Å². The van der Waals surface area contributed by atoms with Crippen molar-refractivity contribution in [1.82, 2.24) is 4.90 Å². The number of nitrogens with zero attached hydrogens (tertiary/aromatic N) is 1. The second-order valence-corrected chi connectivity index (χ2v) is 8.00. The van der Waals surface area contributed by atoms with E-state index in [4.69, 9.17) is 0 Å². The molecule has 0 saturated carbocycles. The Morgan fingerprint density at radius 3 is 2.11 bits per heavy atom. The van der Waals surface area contributed by atoms with Crippen LogP contribution in [0.1, 0.15) is 17.5 Å². The predicted molar refractivity (Wildman–Crippen MR) is 116 cm³/mol. The Bertz CT molecular complexity index is 1090. The zero-order valence-corrected chi connectivity index (χ0v) is 16.1. The maximum Gasteiger partial charge on any atom is 0.0133 e. The van der Waals surface area contributed by atoms with E-state index in [-0.39, 0.29) is 0 Å². The molecule has 27 heavy (non-hydrogen) atoms. The van der Waals surface area contributed by atoms with Crippen molar-refractivity contribution in [3.05, 3.63) is 83.9 Å². The number of benzene rings is 4. The van der Waals surface area contributed by atoms with Crippen LogP contribution >= 0.6 is 0 Å². The monoisotopic (exact) mass is 351 g/mol. The number of rotatable bonds is 2. The Labute approximate surface area is 161 Å². The van der Waals surface area contributed by atoms with Crippen molar-refractivity contribution >= 4 is 21.5 Å². The van der Waals surface area contributed by atoms with Crippen molar-refractivity contribution in [2.45, 2.75) is 25.3 Å². The third-order valence-corrected chi connectivity index (χ3v) is 6.23. The molecule has 4 aromatic rings. The molecule has 0 heterocycles. The van der Waals surface area contributed by atoms with Crippen LogP contribution in [0.4, 0.5) is 0 Å². The van der Waals surface area contributed by atoms with Crippen molar-refractivity contribution in [3.8, 4) is 11.1 Å². The lowest BCUT2D eigenvalue weighted by molar-refractivity contribution is 0.268. The van der Waals surface area contributed by atoms with Gasteiger partial charge >= 0.3 is 0 Å². The number of likely N-dealkylation sites (N-methyl/N-ethyl adjacent to an activating group) is 1. The molecule has 0 saturated heterocycles. The minimum absolute atomic E-state index is 0.650. The zero-order valence-electron chi connectivity index (χ0n) is 16.1. The molecule has 1 nitrogen and oxygen atoms in total. The van der Waals surface area contributed by atoms with Crippen LogP contribution in [-0.2, 0) is 12.8 Å². The first-order valence-corrected chi connectivity index (χ1v) is 9.90. The summed E-state index contributed by atoms with van der Waals surface area (Å²) in [5.74, 6) is 0. The summed E-state index contributed by atoms with van der Waals surface area (Å²) in [7, 11) is 4.41. The standard InChI is InChI=1S/C26H25N/c1-27(2)21-14-15-22-20(17-21)10-7-13-25(22)26-23-11-5-3-8-18(23)16-19-9-4-6-12-24(19)26/h3-13,16,21H,14-15,17H2,1-2H3. The maximum atomic E-state index is 2.38.